The molecule has 1 aromatic heterocycles. The van der Waals surface area contributed by atoms with Gasteiger partial charge in [0.05, 0.1) is 10.9 Å². The molecule has 2 aromatic carbocycles. The highest BCUT2D eigenvalue weighted by Gasteiger charge is 2.17. The summed E-state index contributed by atoms with van der Waals surface area (Å²) in [6.07, 6.45) is 0. The summed E-state index contributed by atoms with van der Waals surface area (Å²) < 4.78 is 11.7. The van der Waals surface area contributed by atoms with Gasteiger partial charge in [-0.25, -0.2) is 0 Å². The third kappa shape index (κ3) is 1.54. The van der Waals surface area contributed by atoms with Crippen molar-refractivity contribution in [1.29, 1.82) is 0 Å². The number of halogens is 1. The number of fused-ring (bicyclic) bond motifs is 4. The van der Waals surface area contributed by atoms with E-state index in [2.05, 4.69) is 27.6 Å². The van der Waals surface area contributed by atoms with Crippen LogP contribution in [0.15, 0.2) is 35.1 Å². The molecule has 94 valence electrons. The fourth-order valence-corrected chi connectivity index (χ4v) is 3.04. The number of aromatic amines is 1. The van der Waals surface area contributed by atoms with Crippen LogP contribution < -0.4 is 15.0 Å². The van der Waals surface area contributed by atoms with Crippen molar-refractivity contribution in [2.24, 2.45) is 0 Å². The van der Waals surface area contributed by atoms with Crippen molar-refractivity contribution >= 4 is 44.3 Å². The highest BCUT2D eigenvalue weighted by molar-refractivity contribution is 14.1. The van der Waals surface area contributed by atoms with Gasteiger partial charge >= 0.3 is 0 Å². The van der Waals surface area contributed by atoms with Crippen molar-refractivity contribution < 1.29 is 9.47 Å². The minimum atomic E-state index is -0.107. The molecule has 1 aliphatic rings. The number of nitrogens with one attached hydrogen (secondary N) is 1. The average Bonchev–Trinajstić information content (AvgIpc) is 2.86. The molecule has 4 nitrogen and oxygen atoms in total. The Labute approximate surface area is 121 Å². The fraction of sp³-hybridized carbons (Fsp3) is 0.0714. The highest BCUT2D eigenvalue weighted by Crippen LogP contribution is 2.37. The summed E-state index contributed by atoms with van der Waals surface area (Å²) in [5, 5.41) is 2.53. The highest BCUT2D eigenvalue weighted by atomic mass is 127. The van der Waals surface area contributed by atoms with Crippen molar-refractivity contribution in [2.45, 2.75) is 0 Å². The summed E-state index contributed by atoms with van der Waals surface area (Å²) in [5.41, 5.74) is 0.754. The molecule has 0 fully saturated rings. The third-order valence-electron chi connectivity index (χ3n) is 3.30. The third-order valence-corrected chi connectivity index (χ3v) is 4.20. The summed E-state index contributed by atoms with van der Waals surface area (Å²) in [5.74, 6) is 1.32. The topological polar surface area (TPSA) is 51.3 Å². The molecular weight excluding hydrogens is 357 g/mol. The van der Waals surface area contributed by atoms with Gasteiger partial charge in [-0.2, -0.15) is 0 Å². The van der Waals surface area contributed by atoms with Crippen molar-refractivity contribution in [3.8, 4) is 11.5 Å². The van der Waals surface area contributed by atoms with Crippen LogP contribution in [0, 0.1) is 3.57 Å². The fourth-order valence-electron chi connectivity index (χ4n) is 2.41. The van der Waals surface area contributed by atoms with Gasteiger partial charge in [0.25, 0.3) is 5.56 Å². The molecule has 0 atom stereocenters. The lowest BCUT2D eigenvalue weighted by Gasteiger charge is -2.06. The zero-order valence-corrected chi connectivity index (χ0v) is 11.9. The van der Waals surface area contributed by atoms with E-state index >= 15 is 0 Å². The van der Waals surface area contributed by atoms with Gasteiger partial charge in [0.1, 0.15) is 0 Å². The SMILES string of the molecule is O=c1[nH]c2c(I)cccc2c2cc3c(cc12)OCO3. The van der Waals surface area contributed by atoms with E-state index in [0.717, 1.165) is 19.9 Å². The second-order valence-corrected chi connectivity index (χ2v) is 5.53. The normalized spacial score (nSPS) is 13.3. The molecular formula is C14H8INO3. The van der Waals surface area contributed by atoms with Gasteiger partial charge in [0.2, 0.25) is 6.79 Å². The molecule has 0 spiro atoms. The Morgan fingerprint density at radius 1 is 1.05 bits per heavy atom. The number of hydrogen-bond donors (Lipinski definition) is 1. The first-order chi connectivity index (χ1) is 9.24. The molecule has 0 radical (unpaired) electrons. The van der Waals surface area contributed by atoms with E-state index < -0.39 is 0 Å². The Kier molecular flexibility index (Phi) is 2.26. The second kappa shape index (κ2) is 3.86. The molecule has 3 aromatic rings. The number of rotatable bonds is 0. The summed E-state index contributed by atoms with van der Waals surface area (Å²) in [4.78, 5) is 15.1. The Bertz CT molecular complexity index is 885. The second-order valence-electron chi connectivity index (χ2n) is 4.37. The molecule has 0 aliphatic carbocycles. The molecule has 2 heterocycles. The molecule has 0 unspecified atom stereocenters. The van der Waals surface area contributed by atoms with Crippen LogP contribution >= 0.6 is 22.6 Å². The minimum absolute atomic E-state index is 0.107. The van der Waals surface area contributed by atoms with Crippen LogP contribution in [0.2, 0.25) is 0 Å². The Hall–Kier alpha value is -1.76. The number of para-hydroxylation sites is 1. The minimum Gasteiger partial charge on any atom is -0.454 e. The maximum absolute atomic E-state index is 12.2. The molecule has 0 saturated carbocycles. The zero-order chi connectivity index (χ0) is 13.0. The maximum Gasteiger partial charge on any atom is 0.256 e. The van der Waals surface area contributed by atoms with E-state index in [4.69, 9.17) is 9.47 Å². The van der Waals surface area contributed by atoms with Gasteiger partial charge in [0.15, 0.2) is 11.5 Å². The monoisotopic (exact) mass is 365 g/mol. The smallest absolute Gasteiger partial charge is 0.256 e. The largest absolute Gasteiger partial charge is 0.454 e. The molecule has 4 rings (SSSR count). The molecule has 0 bridgehead atoms. The van der Waals surface area contributed by atoms with Crippen molar-refractivity contribution in [1.82, 2.24) is 4.98 Å². The number of hydrogen-bond acceptors (Lipinski definition) is 3. The first-order valence-electron chi connectivity index (χ1n) is 5.78. The van der Waals surface area contributed by atoms with Gasteiger partial charge < -0.3 is 14.5 Å². The average molecular weight is 365 g/mol. The van der Waals surface area contributed by atoms with Crippen LogP contribution in [0.5, 0.6) is 11.5 Å². The predicted octanol–water partition coefficient (Wildman–Crippen LogP) is 3.01. The lowest BCUT2D eigenvalue weighted by Crippen LogP contribution is -2.07. The quantitative estimate of drug-likeness (QED) is 0.492. The van der Waals surface area contributed by atoms with Crippen LogP contribution in [0.25, 0.3) is 21.7 Å². The maximum atomic E-state index is 12.2. The number of aromatic nitrogens is 1. The standard InChI is InChI=1S/C14H8INO3/c15-10-3-1-2-7-8-4-11-12(19-6-18-11)5-9(8)14(17)16-13(7)10/h1-5H,6H2,(H,16,17). The zero-order valence-electron chi connectivity index (χ0n) is 9.70. The number of benzene rings is 2. The van der Waals surface area contributed by atoms with E-state index in [0.29, 0.717) is 16.9 Å². The van der Waals surface area contributed by atoms with Crippen molar-refractivity contribution in [3.05, 3.63) is 44.3 Å². The summed E-state index contributed by atoms with van der Waals surface area (Å²) >= 11 is 2.22. The van der Waals surface area contributed by atoms with E-state index in [9.17, 15) is 4.79 Å². The molecule has 0 amide bonds. The summed E-state index contributed by atoms with van der Waals surface area (Å²) in [7, 11) is 0. The number of H-pyrrole nitrogens is 1. The first kappa shape index (κ1) is 11.1. The number of ether oxygens (including phenoxy) is 2. The Morgan fingerprint density at radius 2 is 1.79 bits per heavy atom. The van der Waals surface area contributed by atoms with Crippen LogP contribution in [0.4, 0.5) is 0 Å². The van der Waals surface area contributed by atoms with E-state index in [1.807, 2.05) is 24.3 Å². The van der Waals surface area contributed by atoms with Gasteiger partial charge in [-0.15, -0.1) is 0 Å². The molecule has 0 saturated heterocycles. The van der Waals surface area contributed by atoms with Crippen LogP contribution in [-0.4, -0.2) is 11.8 Å². The lowest BCUT2D eigenvalue weighted by molar-refractivity contribution is 0.174. The molecule has 5 heteroatoms. The van der Waals surface area contributed by atoms with E-state index in [1.165, 1.54) is 0 Å². The summed E-state index contributed by atoms with van der Waals surface area (Å²) in [6.45, 7) is 0.207. The van der Waals surface area contributed by atoms with Gasteiger partial charge in [-0.05, 0) is 40.8 Å². The Morgan fingerprint density at radius 3 is 2.58 bits per heavy atom. The molecule has 19 heavy (non-hydrogen) atoms. The van der Waals surface area contributed by atoms with Crippen molar-refractivity contribution in [2.75, 3.05) is 6.79 Å². The van der Waals surface area contributed by atoms with Gasteiger partial charge in [-0.1, -0.05) is 12.1 Å². The first-order valence-corrected chi connectivity index (χ1v) is 6.86. The molecule has 1 aliphatic heterocycles. The van der Waals surface area contributed by atoms with E-state index in [1.54, 1.807) is 6.07 Å². The lowest BCUT2D eigenvalue weighted by atomic mass is 10.1. The van der Waals surface area contributed by atoms with Gasteiger partial charge in [0, 0.05) is 14.3 Å². The van der Waals surface area contributed by atoms with Gasteiger partial charge in [-0.3, -0.25) is 4.79 Å². The van der Waals surface area contributed by atoms with Crippen LogP contribution in [0.3, 0.4) is 0 Å². The number of pyridine rings is 1. The predicted molar refractivity (Wildman–Crippen MR) is 80.9 cm³/mol. The molecule has 1 N–H and O–H groups in total. The van der Waals surface area contributed by atoms with Crippen LogP contribution in [0.1, 0.15) is 0 Å². The summed E-state index contributed by atoms with van der Waals surface area (Å²) in [6, 6.07) is 9.57. The van der Waals surface area contributed by atoms with Crippen molar-refractivity contribution in [3.63, 3.8) is 0 Å². The Balaban J connectivity index is 2.26. The van der Waals surface area contributed by atoms with E-state index in [-0.39, 0.29) is 12.4 Å². The van der Waals surface area contributed by atoms with Crippen LogP contribution in [-0.2, 0) is 0 Å².